The van der Waals surface area contributed by atoms with Gasteiger partial charge in [0.05, 0.1) is 11.8 Å². The highest BCUT2D eigenvalue weighted by atomic mass is 32.2. The van der Waals surface area contributed by atoms with Gasteiger partial charge in [0.2, 0.25) is 10.0 Å². The largest absolute Gasteiger partial charge is 0.490 e. The minimum absolute atomic E-state index is 0.0155. The van der Waals surface area contributed by atoms with Gasteiger partial charge in [-0.15, -0.1) is 0 Å². The number of alkyl halides is 3. The number of nitrogens with two attached hydrogens (primary N) is 1. The van der Waals surface area contributed by atoms with Gasteiger partial charge >= 0.3 is 18.1 Å². The fourth-order valence-corrected chi connectivity index (χ4v) is 4.08. The number of carboxylic acids is 2. The molecule has 0 radical (unpaired) electrons. The lowest BCUT2D eigenvalue weighted by Crippen LogP contribution is -2.21. The summed E-state index contributed by atoms with van der Waals surface area (Å²) in [5, 5.41) is 25.9. The number of anilines is 1. The van der Waals surface area contributed by atoms with Crippen molar-refractivity contribution in [2.45, 2.75) is 6.18 Å². The number of rotatable bonds is 7. The maximum atomic E-state index is 11.7. The standard InChI is InChI=1S/C25H21N3O5S.C2HF3O2/c1-34(31,32)28-20-8-10-23(22(14-20)17-3-2-4-19(12-17)25(29)30)33-21-9-7-15-11-18(24(26)27)6-5-16(15)13-21;3-2(4,5)1(6)7/h2-14,28H,1H3,(H3,26,27)(H,29,30);(H,6,7). The van der Waals surface area contributed by atoms with Crippen LogP contribution in [0.25, 0.3) is 21.9 Å². The number of aromatic carboxylic acids is 1. The predicted octanol–water partition coefficient (Wildman–Crippen LogP) is 5.29. The molecule has 0 spiro atoms. The van der Waals surface area contributed by atoms with Crippen LogP contribution in [0, 0.1) is 5.41 Å². The summed E-state index contributed by atoms with van der Waals surface area (Å²) in [7, 11) is -3.51. The van der Waals surface area contributed by atoms with Crippen molar-refractivity contribution < 1.29 is 46.1 Å². The van der Waals surface area contributed by atoms with E-state index in [-0.39, 0.29) is 11.4 Å². The summed E-state index contributed by atoms with van der Waals surface area (Å²) in [5.74, 6) is -2.90. The molecular formula is C27H22F3N3O7S. The number of nitrogens with one attached hydrogen (secondary N) is 2. The van der Waals surface area contributed by atoms with Gasteiger partial charge in [-0.1, -0.05) is 30.3 Å². The SMILES string of the molecule is CS(=O)(=O)Nc1ccc(Oc2ccc3cc(C(=N)N)ccc3c2)c(-c2cccc(C(=O)O)c2)c1.O=C(O)C(F)(F)F. The quantitative estimate of drug-likeness (QED) is 0.142. The summed E-state index contributed by atoms with van der Waals surface area (Å²) in [6.45, 7) is 0. The molecule has 0 unspecified atom stereocenters. The summed E-state index contributed by atoms with van der Waals surface area (Å²) in [5.41, 5.74) is 7.68. The van der Waals surface area contributed by atoms with Gasteiger partial charge in [-0.2, -0.15) is 13.2 Å². The zero-order chi connectivity index (χ0) is 30.5. The van der Waals surface area contributed by atoms with E-state index in [2.05, 4.69) is 4.72 Å². The summed E-state index contributed by atoms with van der Waals surface area (Å²) < 4.78 is 63.7. The van der Waals surface area contributed by atoms with Crippen molar-refractivity contribution in [3.8, 4) is 22.6 Å². The van der Waals surface area contributed by atoms with Crippen LogP contribution in [0.4, 0.5) is 18.9 Å². The molecule has 0 saturated carbocycles. The molecule has 0 aromatic heterocycles. The molecule has 4 rings (SSSR count). The Kier molecular flexibility index (Phi) is 8.88. The molecule has 0 fully saturated rings. The molecule has 214 valence electrons. The summed E-state index contributed by atoms with van der Waals surface area (Å²) in [6, 6.07) is 22.0. The molecule has 6 N–H and O–H groups in total. The van der Waals surface area contributed by atoms with Gasteiger partial charge < -0.3 is 20.7 Å². The second-order valence-corrected chi connectivity index (χ2v) is 10.3. The first kappa shape index (κ1) is 30.4. The number of sulfonamides is 1. The Bertz CT molecular complexity index is 1760. The van der Waals surface area contributed by atoms with Crippen LogP contribution in [0.5, 0.6) is 11.5 Å². The number of hydrogen-bond donors (Lipinski definition) is 5. The Morgan fingerprint density at radius 1 is 0.902 bits per heavy atom. The molecule has 4 aromatic rings. The summed E-state index contributed by atoms with van der Waals surface area (Å²) in [4.78, 5) is 20.4. The number of amidine groups is 1. The Labute approximate surface area is 231 Å². The zero-order valence-corrected chi connectivity index (χ0v) is 21.9. The molecule has 0 heterocycles. The van der Waals surface area contributed by atoms with Gasteiger partial charge in [-0.05, 0) is 64.9 Å². The number of carboxylic acid groups (broad SMARTS) is 2. The lowest BCUT2D eigenvalue weighted by atomic mass is 10.0. The van der Waals surface area contributed by atoms with Crippen molar-refractivity contribution >= 4 is 44.3 Å². The van der Waals surface area contributed by atoms with E-state index < -0.39 is 28.1 Å². The number of ether oxygens (including phenoxy) is 1. The second-order valence-electron chi connectivity index (χ2n) is 8.51. The number of fused-ring (bicyclic) bond motifs is 1. The molecular weight excluding hydrogens is 567 g/mol. The highest BCUT2D eigenvalue weighted by molar-refractivity contribution is 7.92. The average Bonchev–Trinajstić information content (AvgIpc) is 2.88. The highest BCUT2D eigenvalue weighted by Crippen LogP contribution is 2.37. The average molecular weight is 590 g/mol. The number of nitrogen functional groups attached to an aromatic ring is 1. The zero-order valence-electron chi connectivity index (χ0n) is 21.1. The molecule has 0 bridgehead atoms. The Balaban J connectivity index is 0.000000587. The normalized spacial score (nSPS) is 11.2. The number of carbonyl (C=O) groups is 2. The van der Waals surface area contributed by atoms with Crippen molar-refractivity contribution in [2.24, 2.45) is 5.73 Å². The molecule has 0 aliphatic heterocycles. The number of benzene rings is 4. The van der Waals surface area contributed by atoms with E-state index in [0.29, 0.717) is 33.9 Å². The van der Waals surface area contributed by atoms with Crippen molar-refractivity contribution in [2.75, 3.05) is 11.0 Å². The highest BCUT2D eigenvalue weighted by Gasteiger charge is 2.38. The Morgan fingerprint density at radius 2 is 1.54 bits per heavy atom. The minimum Gasteiger partial charge on any atom is -0.478 e. The van der Waals surface area contributed by atoms with E-state index in [0.717, 1.165) is 17.0 Å². The third kappa shape index (κ3) is 8.44. The van der Waals surface area contributed by atoms with E-state index in [1.165, 1.54) is 12.1 Å². The molecule has 0 saturated heterocycles. The monoisotopic (exact) mass is 589 g/mol. The third-order valence-corrected chi connectivity index (χ3v) is 5.90. The van der Waals surface area contributed by atoms with Gasteiger partial charge in [0.1, 0.15) is 17.3 Å². The van der Waals surface area contributed by atoms with Crippen LogP contribution >= 0.6 is 0 Å². The molecule has 0 amide bonds. The Morgan fingerprint density at radius 3 is 2.12 bits per heavy atom. The molecule has 41 heavy (non-hydrogen) atoms. The lowest BCUT2D eigenvalue weighted by Gasteiger charge is -2.15. The van der Waals surface area contributed by atoms with Crippen LogP contribution in [0.3, 0.4) is 0 Å². The van der Waals surface area contributed by atoms with Crippen LogP contribution in [0.15, 0.2) is 78.9 Å². The number of halogens is 3. The van der Waals surface area contributed by atoms with E-state index in [9.17, 15) is 31.5 Å². The third-order valence-electron chi connectivity index (χ3n) is 5.30. The lowest BCUT2D eigenvalue weighted by molar-refractivity contribution is -0.192. The predicted molar refractivity (Wildman–Crippen MR) is 146 cm³/mol. The van der Waals surface area contributed by atoms with Gasteiger partial charge in [0.15, 0.2) is 0 Å². The molecule has 0 aliphatic rings. The molecule has 0 aliphatic carbocycles. The minimum atomic E-state index is -5.08. The first-order valence-electron chi connectivity index (χ1n) is 11.4. The van der Waals surface area contributed by atoms with Gasteiger partial charge in [-0.3, -0.25) is 10.1 Å². The van der Waals surface area contributed by atoms with E-state index in [1.54, 1.807) is 42.5 Å². The van der Waals surface area contributed by atoms with Crippen LogP contribution in [0.1, 0.15) is 15.9 Å². The van der Waals surface area contributed by atoms with Crippen LogP contribution in [0.2, 0.25) is 0 Å². The van der Waals surface area contributed by atoms with Crippen molar-refractivity contribution in [3.63, 3.8) is 0 Å². The van der Waals surface area contributed by atoms with Crippen LogP contribution in [-0.4, -0.2) is 48.8 Å². The Hall–Kier alpha value is -5.11. The topological polar surface area (TPSA) is 180 Å². The first-order chi connectivity index (χ1) is 19.0. The number of aliphatic carboxylic acids is 1. The van der Waals surface area contributed by atoms with Crippen molar-refractivity contribution in [1.82, 2.24) is 0 Å². The summed E-state index contributed by atoms with van der Waals surface area (Å²) >= 11 is 0. The second kappa shape index (κ2) is 12.0. The van der Waals surface area contributed by atoms with E-state index >= 15 is 0 Å². The maximum absolute atomic E-state index is 11.7. The molecule has 4 aromatic carbocycles. The number of hydrogen-bond acceptors (Lipinski definition) is 6. The van der Waals surface area contributed by atoms with Crippen LogP contribution < -0.4 is 15.2 Å². The fourth-order valence-electron chi connectivity index (χ4n) is 3.52. The fraction of sp³-hybridized carbons (Fsp3) is 0.0741. The molecule has 0 atom stereocenters. The van der Waals surface area contributed by atoms with Gasteiger partial charge in [-0.25, -0.2) is 18.0 Å². The maximum Gasteiger partial charge on any atom is 0.490 e. The van der Waals surface area contributed by atoms with Gasteiger partial charge in [0.25, 0.3) is 0 Å². The van der Waals surface area contributed by atoms with E-state index in [4.69, 9.17) is 25.8 Å². The van der Waals surface area contributed by atoms with Gasteiger partial charge in [0, 0.05) is 16.8 Å². The first-order valence-corrected chi connectivity index (χ1v) is 13.2. The van der Waals surface area contributed by atoms with Crippen LogP contribution in [-0.2, 0) is 14.8 Å². The van der Waals surface area contributed by atoms with E-state index in [1.807, 2.05) is 24.3 Å². The van der Waals surface area contributed by atoms with Crippen molar-refractivity contribution in [1.29, 1.82) is 5.41 Å². The van der Waals surface area contributed by atoms with Crippen molar-refractivity contribution in [3.05, 3.63) is 90.0 Å². The smallest absolute Gasteiger partial charge is 0.478 e. The molecule has 10 nitrogen and oxygen atoms in total. The molecule has 14 heteroatoms. The summed E-state index contributed by atoms with van der Waals surface area (Å²) in [6.07, 6.45) is -4.03.